The van der Waals surface area contributed by atoms with Crippen LogP contribution in [0, 0.1) is 5.92 Å². The molecule has 12 heteroatoms. The number of anilines is 2. The number of ether oxygens (including phenoxy) is 2. The summed E-state index contributed by atoms with van der Waals surface area (Å²) in [6, 6.07) is 32.8. The Balaban J connectivity index is 1.15. The van der Waals surface area contributed by atoms with Crippen molar-refractivity contribution in [2.75, 3.05) is 50.2 Å². The molecule has 0 radical (unpaired) electrons. The van der Waals surface area contributed by atoms with E-state index in [0.29, 0.717) is 86.9 Å². The molecule has 0 aromatic heterocycles. The summed E-state index contributed by atoms with van der Waals surface area (Å²) in [5, 5.41) is 22.3. The number of amides is 2. The van der Waals surface area contributed by atoms with Gasteiger partial charge in [0.1, 0.15) is 17.4 Å². The molecule has 5 N–H and O–H groups in total. The number of aromatic hydroxyl groups is 1. The molecule has 270 valence electrons. The first kappa shape index (κ1) is 37.4. The molecule has 4 aromatic rings. The summed E-state index contributed by atoms with van der Waals surface area (Å²) in [6.07, 6.45) is 1.31. The fraction of sp³-hybridized carbons (Fsp3) is 0.275. The number of hydrogen-bond donors (Lipinski definition) is 5. The van der Waals surface area contributed by atoms with Crippen LogP contribution in [0.1, 0.15) is 46.0 Å². The molecule has 0 saturated heterocycles. The van der Waals surface area contributed by atoms with E-state index in [1.54, 1.807) is 42.5 Å². The number of hydrogen-bond acceptors (Lipinski definition) is 9. The molecule has 0 spiro atoms. The van der Waals surface area contributed by atoms with Crippen molar-refractivity contribution in [2.45, 2.75) is 26.3 Å². The highest BCUT2D eigenvalue weighted by Gasteiger charge is 2.22. The molecular weight excluding hydrogens is 658 g/mol. The van der Waals surface area contributed by atoms with Crippen LogP contribution in [-0.4, -0.2) is 74.1 Å². The molecule has 4 aromatic carbocycles. The molecule has 1 unspecified atom stereocenters. The van der Waals surface area contributed by atoms with Gasteiger partial charge in [-0.05, 0) is 66.6 Å². The minimum atomic E-state index is -0.172. The summed E-state index contributed by atoms with van der Waals surface area (Å²) in [5.41, 5.74) is 3.59. The highest BCUT2D eigenvalue weighted by Crippen LogP contribution is 2.21. The van der Waals surface area contributed by atoms with E-state index >= 15 is 0 Å². The van der Waals surface area contributed by atoms with Gasteiger partial charge in [0.2, 0.25) is 5.96 Å². The number of amidine groups is 2. The van der Waals surface area contributed by atoms with Gasteiger partial charge in [-0.1, -0.05) is 61.5 Å². The van der Waals surface area contributed by atoms with Crippen molar-refractivity contribution in [2.24, 2.45) is 20.9 Å². The van der Waals surface area contributed by atoms with Crippen molar-refractivity contribution in [3.63, 3.8) is 0 Å². The van der Waals surface area contributed by atoms with Gasteiger partial charge in [-0.15, -0.1) is 0 Å². The van der Waals surface area contributed by atoms with E-state index in [0.717, 1.165) is 17.7 Å². The van der Waals surface area contributed by atoms with Gasteiger partial charge < -0.3 is 35.8 Å². The standard InChI is InChI=1S/C40H45N7O5/c1-2-30-27-36(41-20-22-51-24-25-52-23-21-42-38(49)31-12-7-4-8-13-31)46-40(45-33-16-18-35(48)19-17-33)47-37(30)44-34-15-9-14-32(26-34)39(50)43-28-29-10-5-3-6-11-29/h3-19,26,30,48H,2,20-25,27-28H2,1H3,(H,42,49)(H,43,50)(H2,41,44,45,46,47). The largest absolute Gasteiger partial charge is 0.508 e. The number of nitrogens with one attached hydrogen (secondary N) is 4. The van der Waals surface area contributed by atoms with Gasteiger partial charge in [0.15, 0.2) is 0 Å². The van der Waals surface area contributed by atoms with E-state index in [1.807, 2.05) is 66.7 Å². The van der Waals surface area contributed by atoms with E-state index in [2.05, 4.69) is 28.2 Å². The number of carbonyl (C=O) groups is 2. The monoisotopic (exact) mass is 703 g/mol. The highest BCUT2D eigenvalue weighted by molar-refractivity contribution is 6.14. The lowest BCUT2D eigenvalue weighted by Crippen LogP contribution is -2.27. The second-order valence-corrected chi connectivity index (χ2v) is 11.9. The maximum absolute atomic E-state index is 13.0. The highest BCUT2D eigenvalue weighted by atomic mass is 16.5. The van der Waals surface area contributed by atoms with Crippen LogP contribution < -0.4 is 21.3 Å². The fourth-order valence-corrected chi connectivity index (χ4v) is 5.27. The van der Waals surface area contributed by atoms with Crippen LogP contribution in [0.25, 0.3) is 0 Å². The van der Waals surface area contributed by atoms with E-state index in [4.69, 9.17) is 24.5 Å². The second-order valence-electron chi connectivity index (χ2n) is 11.9. The van der Waals surface area contributed by atoms with Crippen LogP contribution in [0.4, 0.5) is 11.4 Å². The zero-order valence-electron chi connectivity index (χ0n) is 29.3. The van der Waals surface area contributed by atoms with E-state index in [9.17, 15) is 14.7 Å². The molecule has 0 aliphatic carbocycles. The van der Waals surface area contributed by atoms with Crippen molar-refractivity contribution >= 4 is 40.8 Å². The zero-order chi connectivity index (χ0) is 36.4. The number of aliphatic imine (C=N–C) groups is 3. The van der Waals surface area contributed by atoms with Gasteiger partial charge >= 0.3 is 0 Å². The molecule has 0 saturated carbocycles. The van der Waals surface area contributed by atoms with Crippen molar-refractivity contribution < 1.29 is 24.2 Å². The van der Waals surface area contributed by atoms with Crippen LogP contribution in [0.15, 0.2) is 124 Å². The first-order chi connectivity index (χ1) is 25.5. The Bertz CT molecular complexity index is 1830. The van der Waals surface area contributed by atoms with Gasteiger partial charge in [0.25, 0.3) is 11.8 Å². The third-order valence-corrected chi connectivity index (χ3v) is 8.06. The number of nitrogens with zero attached hydrogens (tertiary/aromatic N) is 3. The third kappa shape index (κ3) is 12.2. The Morgan fingerprint density at radius 3 is 2.19 bits per heavy atom. The van der Waals surface area contributed by atoms with E-state index in [1.165, 1.54) is 0 Å². The fourth-order valence-electron chi connectivity index (χ4n) is 5.27. The number of guanidine groups is 1. The van der Waals surface area contributed by atoms with Crippen molar-refractivity contribution in [1.29, 1.82) is 0 Å². The van der Waals surface area contributed by atoms with Crippen molar-refractivity contribution in [3.05, 3.63) is 126 Å². The molecule has 1 atom stereocenters. The minimum Gasteiger partial charge on any atom is -0.508 e. The lowest BCUT2D eigenvalue weighted by molar-refractivity contribution is 0.0512. The summed E-state index contributed by atoms with van der Waals surface area (Å²) in [4.78, 5) is 39.5. The third-order valence-electron chi connectivity index (χ3n) is 8.06. The summed E-state index contributed by atoms with van der Waals surface area (Å²) in [6.45, 7) is 4.89. The van der Waals surface area contributed by atoms with Crippen LogP contribution in [0.5, 0.6) is 5.75 Å². The zero-order valence-corrected chi connectivity index (χ0v) is 29.3. The molecular formula is C40H45N7O5. The molecule has 12 nitrogen and oxygen atoms in total. The Kier molecular flexibility index (Phi) is 14.5. The van der Waals surface area contributed by atoms with Gasteiger partial charge in [0.05, 0.1) is 33.0 Å². The van der Waals surface area contributed by atoms with Gasteiger partial charge in [-0.3, -0.25) is 14.6 Å². The lowest BCUT2D eigenvalue weighted by atomic mass is 10.00. The number of phenolic OH excluding ortho intramolecular Hbond substituents is 1. The predicted octanol–water partition coefficient (Wildman–Crippen LogP) is 5.89. The van der Waals surface area contributed by atoms with Crippen LogP contribution in [0.3, 0.4) is 0 Å². The maximum atomic E-state index is 13.0. The number of rotatable bonds is 16. The molecule has 0 fully saturated rings. The summed E-state index contributed by atoms with van der Waals surface area (Å²) < 4.78 is 11.3. The maximum Gasteiger partial charge on any atom is 0.251 e. The normalized spacial score (nSPS) is 14.9. The topological polar surface area (TPSA) is 158 Å². The molecule has 2 amide bonds. The van der Waals surface area contributed by atoms with Crippen LogP contribution in [0.2, 0.25) is 0 Å². The first-order valence-electron chi connectivity index (χ1n) is 17.4. The smallest absolute Gasteiger partial charge is 0.251 e. The average Bonchev–Trinajstić information content (AvgIpc) is 3.34. The molecule has 1 aliphatic rings. The minimum absolute atomic E-state index is 0.0334. The Morgan fingerprint density at radius 1 is 0.750 bits per heavy atom. The average molecular weight is 704 g/mol. The summed E-state index contributed by atoms with van der Waals surface area (Å²) >= 11 is 0. The molecule has 1 heterocycles. The van der Waals surface area contributed by atoms with Gasteiger partial charge in [-0.2, -0.15) is 9.98 Å². The summed E-state index contributed by atoms with van der Waals surface area (Å²) in [5.74, 6) is 1.47. The SMILES string of the molecule is CCC1CC(=NCCOCCOCCNC(=O)c2ccccc2)N=C(Nc2ccc(O)cc2)N=C1Nc1cccc(C(=O)NCc2ccccc2)c1. The lowest BCUT2D eigenvalue weighted by Gasteiger charge is -2.18. The Morgan fingerprint density at radius 2 is 1.44 bits per heavy atom. The van der Waals surface area contributed by atoms with E-state index < -0.39 is 0 Å². The second kappa shape index (κ2) is 20.1. The number of carbonyl (C=O) groups excluding carboxylic acids is 2. The first-order valence-corrected chi connectivity index (χ1v) is 17.4. The Labute approximate surface area is 304 Å². The quantitative estimate of drug-likeness (QED) is 0.0719. The van der Waals surface area contributed by atoms with Crippen molar-refractivity contribution in [1.82, 2.24) is 10.6 Å². The van der Waals surface area contributed by atoms with Crippen LogP contribution >= 0.6 is 0 Å². The molecule has 5 rings (SSSR count). The predicted molar refractivity (Wildman–Crippen MR) is 205 cm³/mol. The van der Waals surface area contributed by atoms with Crippen LogP contribution in [-0.2, 0) is 16.0 Å². The summed E-state index contributed by atoms with van der Waals surface area (Å²) in [7, 11) is 0. The number of benzene rings is 4. The molecule has 1 aliphatic heterocycles. The van der Waals surface area contributed by atoms with Crippen molar-refractivity contribution in [3.8, 4) is 5.75 Å². The number of phenols is 1. The van der Waals surface area contributed by atoms with Gasteiger partial charge in [0, 0.05) is 47.9 Å². The Hall–Kier alpha value is -5.85. The molecule has 52 heavy (non-hydrogen) atoms. The van der Waals surface area contributed by atoms with Gasteiger partial charge in [-0.25, -0.2) is 0 Å². The van der Waals surface area contributed by atoms with E-state index in [-0.39, 0.29) is 23.5 Å². The molecule has 0 bridgehead atoms.